The lowest BCUT2D eigenvalue weighted by atomic mass is 10.0. The van der Waals surface area contributed by atoms with Crippen molar-refractivity contribution in [3.8, 4) is 0 Å². The first-order chi connectivity index (χ1) is 16.2. The maximum atomic E-state index is 4.90. The Bertz CT molecular complexity index is 1220. The Morgan fingerprint density at radius 3 is 1.06 bits per heavy atom. The van der Waals surface area contributed by atoms with Crippen LogP contribution in [0, 0.1) is 0 Å². The Hall–Kier alpha value is -4.18. The van der Waals surface area contributed by atoms with Crippen LogP contribution in [0.3, 0.4) is 0 Å². The van der Waals surface area contributed by atoms with Gasteiger partial charge in [-0.1, -0.05) is 72.8 Å². The van der Waals surface area contributed by atoms with E-state index in [1.807, 2.05) is 64.1 Å². The predicted molar refractivity (Wildman–Crippen MR) is 151 cm³/mol. The standard InChI is InChI=1S/C30H30N4/c1-19(2)23-9-13-25(14-10-23)21(5)33-29-17-27(31-7)28(32-8)18-30(29)34-22(6)26-15-11-24(12-16-26)20(3)4/h9-18H,1,3,7-8H2,2,4-6H3. The summed E-state index contributed by atoms with van der Waals surface area (Å²) in [5, 5.41) is 0. The van der Waals surface area contributed by atoms with Gasteiger partial charge in [0.25, 0.3) is 0 Å². The monoisotopic (exact) mass is 446 g/mol. The average molecular weight is 447 g/mol. The van der Waals surface area contributed by atoms with Gasteiger partial charge in [0.05, 0.1) is 22.7 Å². The van der Waals surface area contributed by atoms with Gasteiger partial charge in [0.2, 0.25) is 0 Å². The summed E-state index contributed by atoms with van der Waals surface area (Å²) in [7, 11) is 0. The molecule has 0 aliphatic carbocycles. The van der Waals surface area contributed by atoms with Crippen molar-refractivity contribution in [1.29, 1.82) is 0 Å². The topological polar surface area (TPSA) is 49.4 Å². The van der Waals surface area contributed by atoms with E-state index < -0.39 is 0 Å². The van der Waals surface area contributed by atoms with E-state index in [0.29, 0.717) is 22.7 Å². The second kappa shape index (κ2) is 10.6. The molecule has 3 aromatic rings. The molecule has 0 fully saturated rings. The van der Waals surface area contributed by atoms with Crippen molar-refractivity contribution >= 4 is 58.8 Å². The third kappa shape index (κ3) is 5.59. The van der Waals surface area contributed by atoms with Crippen LogP contribution in [0.5, 0.6) is 0 Å². The molecule has 0 radical (unpaired) electrons. The first-order valence-corrected chi connectivity index (χ1v) is 11.0. The van der Waals surface area contributed by atoms with E-state index in [2.05, 4.69) is 60.8 Å². The van der Waals surface area contributed by atoms with Gasteiger partial charge in [0.1, 0.15) is 0 Å². The zero-order valence-electron chi connectivity index (χ0n) is 20.4. The molecule has 0 aromatic heterocycles. The molecular formula is C30H30N4. The van der Waals surface area contributed by atoms with Crippen LogP contribution in [-0.2, 0) is 0 Å². The van der Waals surface area contributed by atoms with Gasteiger partial charge in [-0.05, 0) is 75.5 Å². The summed E-state index contributed by atoms with van der Waals surface area (Å²) in [6.45, 7) is 23.3. The maximum Gasteiger partial charge on any atom is 0.0912 e. The zero-order valence-corrected chi connectivity index (χ0v) is 20.4. The summed E-state index contributed by atoms with van der Waals surface area (Å²) in [6.07, 6.45) is 0. The molecule has 4 nitrogen and oxygen atoms in total. The predicted octanol–water partition coefficient (Wildman–Crippen LogP) is 8.70. The molecule has 0 amide bonds. The maximum absolute atomic E-state index is 4.90. The number of allylic oxidation sites excluding steroid dienone is 2. The van der Waals surface area contributed by atoms with Gasteiger partial charge >= 0.3 is 0 Å². The van der Waals surface area contributed by atoms with E-state index in [4.69, 9.17) is 9.98 Å². The number of nitrogens with zero attached hydrogens (tertiary/aromatic N) is 4. The molecule has 0 saturated carbocycles. The highest BCUT2D eigenvalue weighted by atomic mass is 14.9. The number of benzene rings is 3. The summed E-state index contributed by atoms with van der Waals surface area (Å²) in [5.74, 6) is 0. The van der Waals surface area contributed by atoms with E-state index in [0.717, 1.165) is 44.8 Å². The highest BCUT2D eigenvalue weighted by Crippen LogP contribution is 2.40. The van der Waals surface area contributed by atoms with Gasteiger partial charge < -0.3 is 0 Å². The lowest BCUT2D eigenvalue weighted by Crippen LogP contribution is -1.96. The molecule has 34 heavy (non-hydrogen) atoms. The molecule has 170 valence electrons. The summed E-state index contributed by atoms with van der Waals surface area (Å²) in [6, 6.07) is 20.1. The fourth-order valence-corrected chi connectivity index (χ4v) is 3.47. The summed E-state index contributed by atoms with van der Waals surface area (Å²) < 4.78 is 0. The molecule has 0 atom stereocenters. The Morgan fingerprint density at radius 2 is 0.794 bits per heavy atom. The molecular weight excluding hydrogens is 416 g/mol. The molecule has 3 rings (SSSR count). The van der Waals surface area contributed by atoms with Crippen molar-refractivity contribution in [3.63, 3.8) is 0 Å². The second-order valence-corrected chi connectivity index (χ2v) is 8.26. The summed E-state index contributed by atoms with van der Waals surface area (Å²) in [4.78, 5) is 18.0. The quantitative estimate of drug-likeness (QED) is 0.311. The van der Waals surface area contributed by atoms with Crippen LogP contribution >= 0.6 is 0 Å². The van der Waals surface area contributed by atoms with Crippen molar-refractivity contribution in [2.24, 2.45) is 20.0 Å². The molecule has 0 unspecified atom stereocenters. The Labute approximate surface area is 202 Å². The molecule has 0 heterocycles. The van der Waals surface area contributed by atoms with Crippen LogP contribution in [0.15, 0.2) is 93.8 Å². The Balaban J connectivity index is 2.09. The van der Waals surface area contributed by atoms with Crippen molar-refractivity contribution in [3.05, 3.63) is 96.1 Å². The van der Waals surface area contributed by atoms with Gasteiger partial charge in [0, 0.05) is 11.4 Å². The van der Waals surface area contributed by atoms with E-state index in [1.165, 1.54) is 0 Å². The van der Waals surface area contributed by atoms with E-state index in [-0.39, 0.29) is 0 Å². The highest BCUT2D eigenvalue weighted by molar-refractivity contribution is 6.04. The lowest BCUT2D eigenvalue weighted by Gasteiger charge is -2.10. The molecule has 4 heteroatoms. The van der Waals surface area contributed by atoms with Gasteiger partial charge in [-0.25, -0.2) is 0 Å². The minimum absolute atomic E-state index is 0.613. The fraction of sp³-hybridized carbons (Fsp3) is 0.133. The third-order valence-electron chi connectivity index (χ3n) is 5.58. The van der Waals surface area contributed by atoms with Crippen molar-refractivity contribution in [2.75, 3.05) is 0 Å². The van der Waals surface area contributed by atoms with Gasteiger partial charge in [-0.15, -0.1) is 0 Å². The first-order valence-electron chi connectivity index (χ1n) is 11.0. The molecule has 0 saturated heterocycles. The largest absolute Gasteiger partial charge is 0.262 e. The number of rotatable bonds is 8. The number of hydrogen-bond donors (Lipinski definition) is 0. The van der Waals surface area contributed by atoms with Crippen molar-refractivity contribution < 1.29 is 0 Å². The minimum atomic E-state index is 0.613. The van der Waals surface area contributed by atoms with E-state index >= 15 is 0 Å². The normalized spacial score (nSPS) is 11.8. The van der Waals surface area contributed by atoms with Crippen molar-refractivity contribution in [1.82, 2.24) is 0 Å². The molecule has 0 N–H and O–H groups in total. The molecule has 0 spiro atoms. The SMILES string of the molecule is C=Nc1cc(N=C(C)c2ccc(C(=C)C)cc2)c(N=C(C)c2ccc(C(=C)C)cc2)cc1N=C. The molecule has 0 bridgehead atoms. The molecule has 0 aliphatic rings. The Kier molecular flexibility index (Phi) is 7.64. The van der Waals surface area contributed by atoms with Gasteiger partial charge in [-0.2, -0.15) is 0 Å². The average Bonchev–Trinajstić information content (AvgIpc) is 2.84. The van der Waals surface area contributed by atoms with Crippen LogP contribution < -0.4 is 0 Å². The number of aliphatic imine (C=N–C) groups is 4. The van der Waals surface area contributed by atoms with Crippen molar-refractivity contribution in [2.45, 2.75) is 27.7 Å². The van der Waals surface area contributed by atoms with E-state index in [1.54, 1.807) is 0 Å². The molecule has 3 aromatic carbocycles. The fourth-order valence-electron chi connectivity index (χ4n) is 3.47. The Morgan fingerprint density at radius 1 is 0.500 bits per heavy atom. The van der Waals surface area contributed by atoms with Crippen LogP contribution in [-0.4, -0.2) is 24.9 Å². The van der Waals surface area contributed by atoms with Gasteiger partial charge in [-0.3, -0.25) is 20.0 Å². The van der Waals surface area contributed by atoms with E-state index in [9.17, 15) is 0 Å². The lowest BCUT2D eigenvalue weighted by molar-refractivity contribution is 1.38. The second-order valence-electron chi connectivity index (χ2n) is 8.26. The first kappa shape index (κ1) is 24.5. The van der Waals surface area contributed by atoms with Gasteiger partial charge in [0.15, 0.2) is 0 Å². The van der Waals surface area contributed by atoms with Crippen LogP contribution in [0.4, 0.5) is 22.7 Å². The summed E-state index contributed by atoms with van der Waals surface area (Å²) >= 11 is 0. The molecule has 0 aliphatic heterocycles. The van der Waals surface area contributed by atoms with Crippen LogP contribution in [0.2, 0.25) is 0 Å². The van der Waals surface area contributed by atoms with Crippen LogP contribution in [0.1, 0.15) is 49.9 Å². The smallest absolute Gasteiger partial charge is 0.0912 e. The van der Waals surface area contributed by atoms with Crippen LogP contribution in [0.25, 0.3) is 11.1 Å². The highest BCUT2D eigenvalue weighted by Gasteiger charge is 2.10. The minimum Gasteiger partial charge on any atom is -0.262 e. The third-order valence-corrected chi connectivity index (χ3v) is 5.58. The zero-order chi connectivity index (χ0) is 24.8. The summed E-state index contributed by atoms with van der Waals surface area (Å²) in [5.41, 5.74) is 10.6. The number of hydrogen-bond acceptors (Lipinski definition) is 4.